The van der Waals surface area contributed by atoms with Crippen LogP contribution < -0.4 is 10.5 Å². The first-order valence-corrected chi connectivity index (χ1v) is 3.97. The van der Waals surface area contributed by atoms with Crippen molar-refractivity contribution in [3.63, 3.8) is 0 Å². The fourth-order valence-electron chi connectivity index (χ4n) is 1.37. The van der Waals surface area contributed by atoms with Gasteiger partial charge < -0.3 is 10.5 Å². The van der Waals surface area contributed by atoms with E-state index in [0.717, 1.165) is 23.6 Å². The van der Waals surface area contributed by atoms with Crippen molar-refractivity contribution < 1.29 is 4.74 Å². The largest absolute Gasteiger partial charge is 0.481 e. The molecule has 0 saturated heterocycles. The second kappa shape index (κ2) is 3.58. The monoisotopic (exact) mass is 169 g/mol. The number of rotatable bonds is 3. The number of hydrogen-bond donors (Lipinski definition) is 1. The molecule has 0 saturated carbocycles. The molecule has 0 spiro atoms. The summed E-state index contributed by atoms with van der Waals surface area (Å²) in [5, 5.41) is 4.24. The lowest BCUT2D eigenvalue weighted by molar-refractivity contribution is 0.369. The first-order valence-electron chi connectivity index (χ1n) is 3.97. The van der Waals surface area contributed by atoms with Gasteiger partial charge in [-0.05, 0) is 19.9 Å². The maximum absolute atomic E-state index is 5.47. The summed E-state index contributed by atoms with van der Waals surface area (Å²) in [7, 11) is 3.52. The van der Waals surface area contributed by atoms with Crippen LogP contribution in [0.4, 0.5) is 0 Å². The van der Waals surface area contributed by atoms with Gasteiger partial charge in [0.05, 0.1) is 12.8 Å². The average Bonchev–Trinajstić information content (AvgIpc) is 2.28. The lowest BCUT2D eigenvalue weighted by Crippen LogP contribution is -2.04. The van der Waals surface area contributed by atoms with E-state index in [9.17, 15) is 0 Å². The van der Waals surface area contributed by atoms with Gasteiger partial charge in [-0.25, -0.2) is 4.68 Å². The third-order valence-corrected chi connectivity index (χ3v) is 1.88. The van der Waals surface area contributed by atoms with Gasteiger partial charge in [-0.1, -0.05) is 0 Å². The molecule has 0 bridgehead atoms. The normalized spacial score (nSPS) is 10.3. The van der Waals surface area contributed by atoms with Gasteiger partial charge in [0.25, 0.3) is 0 Å². The smallest absolute Gasteiger partial charge is 0.214 e. The van der Waals surface area contributed by atoms with E-state index in [1.165, 1.54) is 0 Å². The summed E-state index contributed by atoms with van der Waals surface area (Å²) < 4.78 is 6.93. The van der Waals surface area contributed by atoms with Crippen LogP contribution in [0, 0.1) is 6.92 Å². The lowest BCUT2D eigenvalue weighted by Gasteiger charge is -2.02. The number of hydrogen-bond acceptors (Lipinski definition) is 3. The molecule has 0 unspecified atom stereocenters. The Labute approximate surface area is 72.3 Å². The van der Waals surface area contributed by atoms with Crippen molar-refractivity contribution in [2.45, 2.75) is 13.3 Å². The molecule has 0 aromatic carbocycles. The quantitative estimate of drug-likeness (QED) is 0.705. The molecule has 1 aromatic heterocycles. The maximum Gasteiger partial charge on any atom is 0.214 e. The van der Waals surface area contributed by atoms with E-state index >= 15 is 0 Å². The average molecular weight is 169 g/mol. The van der Waals surface area contributed by atoms with Crippen LogP contribution in [0.25, 0.3) is 0 Å². The summed E-state index contributed by atoms with van der Waals surface area (Å²) >= 11 is 0. The highest BCUT2D eigenvalue weighted by Crippen LogP contribution is 2.20. The Morgan fingerprint density at radius 1 is 1.58 bits per heavy atom. The molecule has 4 nitrogen and oxygen atoms in total. The Bertz CT molecular complexity index is 268. The molecular weight excluding hydrogens is 154 g/mol. The van der Waals surface area contributed by atoms with Crippen LogP contribution in [-0.4, -0.2) is 23.4 Å². The highest BCUT2D eigenvalue weighted by molar-refractivity contribution is 5.31. The van der Waals surface area contributed by atoms with Gasteiger partial charge in [0, 0.05) is 12.6 Å². The maximum atomic E-state index is 5.47. The fourth-order valence-corrected chi connectivity index (χ4v) is 1.37. The number of nitrogens with two attached hydrogens (primary N) is 1. The Morgan fingerprint density at radius 3 is 2.75 bits per heavy atom. The molecule has 68 valence electrons. The number of nitrogens with zero attached hydrogens (tertiary/aromatic N) is 2. The molecule has 1 aromatic rings. The number of aryl methyl sites for hydroxylation is 2. The number of ether oxygens (including phenoxy) is 1. The highest BCUT2D eigenvalue weighted by Gasteiger charge is 2.11. The second-order valence-electron chi connectivity index (χ2n) is 2.74. The van der Waals surface area contributed by atoms with Crippen LogP contribution in [0.1, 0.15) is 11.3 Å². The molecule has 4 heteroatoms. The molecule has 0 aliphatic rings. The predicted molar refractivity (Wildman–Crippen MR) is 47.3 cm³/mol. The Kier molecular flexibility index (Phi) is 2.70. The van der Waals surface area contributed by atoms with Gasteiger partial charge in [0.1, 0.15) is 0 Å². The topological polar surface area (TPSA) is 53.1 Å². The van der Waals surface area contributed by atoms with Crippen molar-refractivity contribution in [2.75, 3.05) is 13.7 Å². The van der Waals surface area contributed by atoms with E-state index < -0.39 is 0 Å². The first-order chi connectivity index (χ1) is 5.70. The van der Waals surface area contributed by atoms with Gasteiger partial charge in [0.15, 0.2) is 0 Å². The van der Waals surface area contributed by atoms with Crippen molar-refractivity contribution >= 4 is 0 Å². The van der Waals surface area contributed by atoms with Crippen molar-refractivity contribution in [3.05, 3.63) is 11.3 Å². The molecule has 0 radical (unpaired) electrons. The minimum absolute atomic E-state index is 0.628. The zero-order chi connectivity index (χ0) is 9.14. The Hall–Kier alpha value is -1.03. The fraction of sp³-hybridized carbons (Fsp3) is 0.625. The minimum Gasteiger partial charge on any atom is -0.481 e. The van der Waals surface area contributed by atoms with E-state index in [1.807, 2.05) is 14.0 Å². The third kappa shape index (κ3) is 1.43. The summed E-state index contributed by atoms with van der Waals surface area (Å²) in [6, 6.07) is 0. The Morgan fingerprint density at radius 2 is 2.25 bits per heavy atom. The van der Waals surface area contributed by atoms with Crippen molar-refractivity contribution in [1.82, 2.24) is 9.78 Å². The standard InChI is InChI=1S/C8H15N3O/c1-6-7(4-5-9)8(12-3)11(2)10-6/h4-5,9H2,1-3H3. The van der Waals surface area contributed by atoms with Crippen LogP contribution in [0.2, 0.25) is 0 Å². The van der Waals surface area contributed by atoms with Crippen molar-refractivity contribution in [1.29, 1.82) is 0 Å². The van der Waals surface area contributed by atoms with E-state index in [1.54, 1.807) is 11.8 Å². The van der Waals surface area contributed by atoms with Gasteiger partial charge in [-0.3, -0.25) is 0 Å². The molecule has 0 fully saturated rings. The SMILES string of the molecule is COc1c(CCN)c(C)nn1C. The molecule has 12 heavy (non-hydrogen) atoms. The number of aromatic nitrogens is 2. The summed E-state index contributed by atoms with van der Waals surface area (Å²) in [5.41, 5.74) is 7.58. The van der Waals surface area contributed by atoms with E-state index in [4.69, 9.17) is 10.5 Å². The van der Waals surface area contributed by atoms with E-state index in [-0.39, 0.29) is 0 Å². The zero-order valence-corrected chi connectivity index (χ0v) is 7.79. The van der Waals surface area contributed by atoms with Crippen LogP contribution in [-0.2, 0) is 13.5 Å². The van der Waals surface area contributed by atoms with Crippen LogP contribution >= 0.6 is 0 Å². The van der Waals surface area contributed by atoms with Gasteiger partial charge in [-0.2, -0.15) is 5.10 Å². The lowest BCUT2D eigenvalue weighted by atomic mass is 10.2. The third-order valence-electron chi connectivity index (χ3n) is 1.88. The highest BCUT2D eigenvalue weighted by atomic mass is 16.5. The van der Waals surface area contributed by atoms with Crippen LogP contribution in [0.5, 0.6) is 5.88 Å². The van der Waals surface area contributed by atoms with Crippen molar-refractivity contribution in [3.8, 4) is 5.88 Å². The molecule has 0 aliphatic heterocycles. The van der Waals surface area contributed by atoms with Crippen molar-refractivity contribution in [2.24, 2.45) is 12.8 Å². The first kappa shape index (κ1) is 9.06. The van der Waals surface area contributed by atoms with Crippen LogP contribution in [0.3, 0.4) is 0 Å². The predicted octanol–water partition coefficient (Wildman–Crippen LogP) is 0.238. The number of methoxy groups -OCH3 is 1. The zero-order valence-electron chi connectivity index (χ0n) is 7.79. The van der Waals surface area contributed by atoms with E-state index in [2.05, 4.69) is 5.10 Å². The van der Waals surface area contributed by atoms with Gasteiger partial charge in [-0.15, -0.1) is 0 Å². The van der Waals surface area contributed by atoms with Gasteiger partial charge >= 0.3 is 0 Å². The summed E-state index contributed by atoms with van der Waals surface area (Å²) in [6.07, 6.45) is 0.822. The summed E-state index contributed by atoms with van der Waals surface area (Å²) in [5.74, 6) is 0.818. The summed E-state index contributed by atoms with van der Waals surface area (Å²) in [4.78, 5) is 0. The second-order valence-corrected chi connectivity index (χ2v) is 2.74. The summed E-state index contributed by atoms with van der Waals surface area (Å²) in [6.45, 7) is 2.59. The van der Waals surface area contributed by atoms with E-state index in [0.29, 0.717) is 6.54 Å². The molecular formula is C8H15N3O. The Balaban J connectivity index is 3.04. The van der Waals surface area contributed by atoms with Gasteiger partial charge in [0.2, 0.25) is 5.88 Å². The molecule has 1 rings (SSSR count). The molecule has 2 N–H and O–H groups in total. The molecule has 1 heterocycles. The minimum atomic E-state index is 0.628. The molecule has 0 aliphatic carbocycles. The molecule has 0 amide bonds. The van der Waals surface area contributed by atoms with Crippen LogP contribution in [0.15, 0.2) is 0 Å². The molecule has 0 atom stereocenters.